The summed E-state index contributed by atoms with van der Waals surface area (Å²) >= 11 is 5.62. The summed E-state index contributed by atoms with van der Waals surface area (Å²) in [5, 5.41) is 0.573. The maximum atomic E-state index is 10.2. The fraction of sp³-hybridized carbons (Fsp3) is 0.125. The van der Waals surface area contributed by atoms with Gasteiger partial charge in [-0.3, -0.25) is 4.79 Å². The first kappa shape index (κ1) is 7.29. The van der Waals surface area contributed by atoms with Crippen LogP contribution in [0.2, 0.25) is 5.02 Å². The molecule has 0 N–H and O–H groups in total. The quantitative estimate of drug-likeness (QED) is 0.604. The van der Waals surface area contributed by atoms with Crippen molar-refractivity contribution in [2.45, 2.75) is 6.92 Å². The zero-order valence-electron chi connectivity index (χ0n) is 5.52. The van der Waals surface area contributed by atoms with Crippen LogP contribution in [0.4, 0.5) is 0 Å². The minimum Gasteiger partial charge on any atom is -0.285 e. The SMILES string of the molecule is Cc1ccc(Cl)cc1[C]=O. The van der Waals surface area contributed by atoms with E-state index < -0.39 is 0 Å². The zero-order chi connectivity index (χ0) is 7.56. The van der Waals surface area contributed by atoms with E-state index in [0.29, 0.717) is 10.6 Å². The third-order valence-corrected chi connectivity index (χ3v) is 1.54. The molecule has 0 fully saturated rings. The molecule has 0 aliphatic heterocycles. The van der Waals surface area contributed by atoms with Crippen LogP contribution in [0.3, 0.4) is 0 Å². The van der Waals surface area contributed by atoms with Crippen LogP contribution in [-0.2, 0) is 4.79 Å². The van der Waals surface area contributed by atoms with Gasteiger partial charge in [0.1, 0.15) is 0 Å². The standard InChI is InChI=1S/C8H6ClO/c1-6-2-3-8(9)4-7(6)5-10/h2-4H,1H3. The Kier molecular flexibility index (Phi) is 2.07. The number of benzene rings is 1. The average molecular weight is 154 g/mol. The monoisotopic (exact) mass is 153 g/mol. The third-order valence-electron chi connectivity index (χ3n) is 1.31. The van der Waals surface area contributed by atoms with Crippen molar-refractivity contribution < 1.29 is 4.79 Å². The van der Waals surface area contributed by atoms with Gasteiger partial charge in [-0.25, -0.2) is 0 Å². The van der Waals surface area contributed by atoms with Gasteiger partial charge in [-0.15, -0.1) is 0 Å². The van der Waals surface area contributed by atoms with E-state index in [2.05, 4.69) is 0 Å². The van der Waals surface area contributed by atoms with Crippen molar-refractivity contribution in [3.8, 4) is 0 Å². The molecule has 51 valence electrons. The average Bonchev–Trinajstić information content (AvgIpc) is 1.94. The Labute approximate surface area is 64.6 Å². The van der Waals surface area contributed by atoms with Crippen LogP contribution in [0.25, 0.3) is 0 Å². The lowest BCUT2D eigenvalue weighted by molar-refractivity contribution is 0.562. The molecule has 0 atom stereocenters. The molecule has 1 rings (SSSR count). The zero-order valence-corrected chi connectivity index (χ0v) is 6.27. The maximum Gasteiger partial charge on any atom is 0.233 e. The summed E-state index contributed by atoms with van der Waals surface area (Å²) in [6.07, 6.45) is 1.80. The highest BCUT2D eigenvalue weighted by atomic mass is 35.5. The minimum atomic E-state index is 0.535. The van der Waals surface area contributed by atoms with Crippen molar-refractivity contribution in [1.82, 2.24) is 0 Å². The van der Waals surface area contributed by atoms with Crippen LogP contribution in [0, 0.1) is 6.92 Å². The molecule has 0 spiro atoms. The summed E-state index contributed by atoms with van der Waals surface area (Å²) in [4.78, 5) is 10.2. The molecule has 1 nitrogen and oxygen atoms in total. The van der Waals surface area contributed by atoms with Crippen LogP contribution in [-0.4, -0.2) is 6.29 Å². The molecule has 1 aromatic rings. The van der Waals surface area contributed by atoms with Gasteiger partial charge in [0.2, 0.25) is 6.29 Å². The number of aryl methyl sites for hydroxylation is 1. The number of halogens is 1. The second kappa shape index (κ2) is 2.84. The van der Waals surface area contributed by atoms with E-state index in [1.807, 2.05) is 6.92 Å². The highest BCUT2D eigenvalue weighted by Gasteiger charge is 1.96. The van der Waals surface area contributed by atoms with Gasteiger partial charge in [0.15, 0.2) is 0 Å². The summed E-state index contributed by atoms with van der Waals surface area (Å²) in [6.45, 7) is 1.84. The first-order valence-corrected chi connectivity index (χ1v) is 3.26. The summed E-state index contributed by atoms with van der Waals surface area (Å²) in [7, 11) is 0. The molecular formula is C8H6ClO. The smallest absolute Gasteiger partial charge is 0.233 e. The Hall–Kier alpha value is -0.820. The minimum absolute atomic E-state index is 0.535. The lowest BCUT2D eigenvalue weighted by atomic mass is 10.1. The predicted molar refractivity (Wildman–Crippen MR) is 41.0 cm³/mol. The maximum absolute atomic E-state index is 10.2. The first-order chi connectivity index (χ1) is 4.74. The summed E-state index contributed by atoms with van der Waals surface area (Å²) < 4.78 is 0. The van der Waals surface area contributed by atoms with E-state index in [1.165, 1.54) is 0 Å². The second-order valence-electron chi connectivity index (χ2n) is 2.06. The number of hydrogen-bond acceptors (Lipinski definition) is 1. The molecule has 1 aromatic carbocycles. The Bertz CT molecular complexity index is 255. The van der Waals surface area contributed by atoms with Gasteiger partial charge in [-0.1, -0.05) is 17.7 Å². The van der Waals surface area contributed by atoms with E-state index in [9.17, 15) is 4.79 Å². The van der Waals surface area contributed by atoms with Crippen molar-refractivity contribution in [2.75, 3.05) is 0 Å². The largest absolute Gasteiger partial charge is 0.285 e. The van der Waals surface area contributed by atoms with E-state index in [0.717, 1.165) is 5.56 Å². The number of hydrogen-bond donors (Lipinski definition) is 0. The summed E-state index contributed by atoms with van der Waals surface area (Å²) in [5.74, 6) is 0. The normalized spacial score (nSPS) is 9.40. The Morgan fingerprint density at radius 3 is 2.70 bits per heavy atom. The van der Waals surface area contributed by atoms with Gasteiger partial charge >= 0.3 is 0 Å². The predicted octanol–water partition coefficient (Wildman–Crippen LogP) is 2.11. The third kappa shape index (κ3) is 1.36. The Balaban J connectivity index is 3.21. The summed E-state index contributed by atoms with van der Waals surface area (Å²) in [5.41, 5.74) is 1.44. The van der Waals surface area contributed by atoms with Crippen LogP contribution in [0.15, 0.2) is 18.2 Å². The lowest BCUT2D eigenvalue weighted by Gasteiger charge is -1.95. The fourth-order valence-corrected chi connectivity index (χ4v) is 0.876. The highest BCUT2D eigenvalue weighted by molar-refractivity contribution is 6.30. The molecular weight excluding hydrogens is 148 g/mol. The van der Waals surface area contributed by atoms with Gasteiger partial charge in [-0.2, -0.15) is 0 Å². The van der Waals surface area contributed by atoms with Gasteiger partial charge in [-0.05, 0) is 24.6 Å². The molecule has 0 bridgehead atoms. The molecule has 0 unspecified atom stereocenters. The fourth-order valence-electron chi connectivity index (χ4n) is 0.704. The second-order valence-corrected chi connectivity index (χ2v) is 2.50. The van der Waals surface area contributed by atoms with Gasteiger partial charge in [0, 0.05) is 10.6 Å². The molecule has 2 heteroatoms. The molecule has 0 saturated heterocycles. The topological polar surface area (TPSA) is 17.1 Å². The van der Waals surface area contributed by atoms with Crippen LogP contribution in [0.5, 0.6) is 0 Å². The van der Waals surface area contributed by atoms with Crippen LogP contribution >= 0.6 is 11.6 Å². The van der Waals surface area contributed by atoms with Crippen LogP contribution in [0.1, 0.15) is 11.1 Å². The van der Waals surface area contributed by atoms with E-state index >= 15 is 0 Å². The molecule has 0 heterocycles. The molecule has 0 amide bonds. The molecule has 0 aliphatic carbocycles. The number of carbonyl (C=O) groups excluding carboxylic acids is 1. The van der Waals surface area contributed by atoms with Crippen molar-refractivity contribution in [1.29, 1.82) is 0 Å². The van der Waals surface area contributed by atoms with Gasteiger partial charge in [0.25, 0.3) is 0 Å². The van der Waals surface area contributed by atoms with Crippen molar-refractivity contribution in [2.24, 2.45) is 0 Å². The van der Waals surface area contributed by atoms with Crippen molar-refractivity contribution in [3.63, 3.8) is 0 Å². The molecule has 10 heavy (non-hydrogen) atoms. The summed E-state index contributed by atoms with van der Waals surface area (Å²) in [6, 6.07) is 5.14. The van der Waals surface area contributed by atoms with Gasteiger partial charge < -0.3 is 0 Å². The van der Waals surface area contributed by atoms with E-state index in [-0.39, 0.29) is 0 Å². The van der Waals surface area contributed by atoms with Crippen molar-refractivity contribution >= 4 is 17.9 Å². The lowest BCUT2D eigenvalue weighted by Crippen LogP contribution is -1.84. The van der Waals surface area contributed by atoms with Crippen molar-refractivity contribution in [3.05, 3.63) is 34.3 Å². The number of rotatable bonds is 1. The Morgan fingerprint density at radius 2 is 2.20 bits per heavy atom. The van der Waals surface area contributed by atoms with Gasteiger partial charge in [0.05, 0.1) is 0 Å². The molecule has 0 aromatic heterocycles. The van der Waals surface area contributed by atoms with Crippen LogP contribution < -0.4 is 0 Å². The molecule has 1 radical (unpaired) electrons. The Morgan fingerprint density at radius 1 is 1.50 bits per heavy atom. The highest BCUT2D eigenvalue weighted by Crippen LogP contribution is 2.12. The molecule has 0 saturated carbocycles. The van der Waals surface area contributed by atoms with E-state index in [1.54, 1.807) is 24.5 Å². The molecule has 0 aliphatic rings. The first-order valence-electron chi connectivity index (χ1n) is 2.88. The van der Waals surface area contributed by atoms with E-state index in [4.69, 9.17) is 11.6 Å².